The van der Waals surface area contributed by atoms with Crippen LogP contribution in [0.1, 0.15) is 75.2 Å². The van der Waals surface area contributed by atoms with Crippen molar-refractivity contribution >= 4 is 30.0 Å². The Hall–Kier alpha value is -2.69. The Morgan fingerprint density at radius 3 is 2.31 bits per heavy atom. The summed E-state index contributed by atoms with van der Waals surface area (Å²) in [5.74, 6) is -1.23. The van der Waals surface area contributed by atoms with Crippen molar-refractivity contribution < 1.29 is 28.7 Å². The lowest BCUT2D eigenvalue weighted by Crippen LogP contribution is -2.62. The molecule has 0 bridgehead atoms. The van der Waals surface area contributed by atoms with E-state index in [1.54, 1.807) is 6.92 Å². The van der Waals surface area contributed by atoms with Gasteiger partial charge in [0, 0.05) is 24.5 Å². The summed E-state index contributed by atoms with van der Waals surface area (Å²) >= 11 is 0. The number of carbonyl (C=O) groups excluding carboxylic acids is 5. The number of ether oxygens (including phenoxy) is 1. The molecule has 0 aromatic carbocycles. The third-order valence-electron chi connectivity index (χ3n) is 8.00. The largest absolute Gasteiger partial charge is 0.370 e. The first-order valence-electron chi connectivity index (χ1n) is 14.0. The van der Waals surface area contributed by atoms with Crippen molar-refractivity contribution in [1.82, 2.24) is 26.2 Å². The SMILES string of the molecule is C[C@@H](OC(C)(C)C)[C@H](NC(=O)NC(C)(C)C)C(=O)N1C[C@H]2[C@@H]([C@H]1C(=O)N[C@H](C=O)C[C@@H]1CCNC1=O)C2(C)C. The molecule has 4 N–H and O–H groups in total. The molecule has 3 aliphatic rings. The molecule has 0 spiro atoms. The molecule has 1 saturated carbocycles. The first-order chi connectivity index (χ1) is 17.9. The Balaban J connectivity index is 1.82. The normalized spacial score (nSPS) is 28.0. The molecule has 0 aromatic rings. The minimum atomic E-state index is -1.04. The summed E-state index contributed by atoms with van der Waals surface area (Å²) < 4.78 is 6.08. The summed E-state index contributed by atoms with van der Waals surface area (Å²) in [5.41, 5.74) is -1.23. The van der Waals surface area contributed by atoms with Gasteiger partial charge in [-0.1, -0.05) is 13.8 Å². The Bertz CT molecular complexity index is 984. The van der Waals surface area contributed by atoms with E-state index < -0.39 is 53.2 Å². The third kappa shape index (κ3) is 7.29. The van der Waals surface area contributed by atoms with Crippen molar-refractivity contribution in [1.29, 1.82) is 0 Å². The minimum Gasteiger partial charge on any atom is -0.370 e. The van der Waals surface area contributed by atoms with Crippen molar-refractivity contribution in [2.75, 3.05) is 13.1 Å². The van der Waals surface area contributed by atoms with Gasteiger partial charge in [-0.15, -0.1) is 0 Å². The molecule has 7 atom stereocenters. The van der Waals surface area contributed by atoms with E-state index in [9.17, 15) is 24.0 Å². The van der Waals surface area contributed by atoms with Crippen LogP contribution in [-0.4, -0.2) is 83.4 Å². The van der Waals surface area contributed by atoms with Gasteiger partial charge in [-0.3, -0.25) is 14.4 Å². The fourth-order valence-corrected chi connectivity index (χ4v) is 6.11. The zero-order chi connectivity index (χ0) is 29.5. The summed E-state index contributed by atoms with van der Waals surface area (Å²) in [5, 5.41) is 11.2. The van der Waals surface area contributed by atoms with E-state index in [1.807, 2.05) is 41.5 Å². The number of hydrogen-bond acceptors (Lipinski definition) is 6. The highest BCUT2D eigenvalue weighted by molar-refractivity contribution is 5.94. The molecule has 3 rings (SSSR count). The van der Waals surface area contributed by atoms with Crippen LogP contribution in [0.15, 0.2) is 0 Å². The predicted molar refractivity (Wildman–Crippen MR) is 145 cm³/mol. The monoisotopic (exact) mass is 549 g/mol. The average molecular weight is 550 g/mol. The molecule has 5 amide bonds. The van der Waals surface area contributed by atoms with Gasteiger partial charge in [0.1, 0.15) is 18.4 Å². The third-order valence-corrected chi connectivity index (χ3v) is 8.00. The lowest BCUT2D eigenvalue weighted by atomic mass is 9.97. The summed E-state index contributed by atoms with van der Waals surface area (Å²) in [6.45, 7) is 17.9. The Labute approximate surface area is 231 Å². The van der Waals surface area contributed by atoms with Gasteiger partial charge in [0.2, 0.25) is 17.7 Å². The number of carbonyl (C=O) groups is 5. The fourth-order valence-electron chi connectivity index (χ4n) is 6.11. The van der Waals surface area contributed by atoms with Crippen LogP contribution < -0.4 is 21.3 Å². The van der Waals surface area contributed by atoms with Crippen molar-refractivity contribution in [3.05, 3.63) is 0 Å². The molecule has 1 aliphatic carbocycles. The van der Waals surface area contributed by atoms with Crippen molar-refractivity contribution in [3.63, 3.8) is 0 Å². The number of urea groups is 1. The van der Waals surface area contributed by atoms with Crippen LogP contribution in [0.25, 0.3) is 0 Å². The van der Waals surface area contributed by atoms with Gasteiger partial charge in [-0.25, -0.2) is 4.79 Å². The Kier molecular flexibility index (Phi) is 8.75. The molecular formula is C28H47N5O6. The fraction of sp³-hybridized carbons (Fsp3) is 0.821. The molecule has 3 fully saturated rings. The maximum Gasteiger partial charge on any atom is 0.315 e. The number of amides is 5. The second kappa shape index (κ2) is 11.1. The molecule has 39 heavy (non-hydrogen) atoms. The zero-order valence-corrected chi connectivity index (χ0v) is 24.8. The number of aldehydes is 1. The van der Waals surface area contributed by atoms with Gasteiger partial charge in [-0.05, 0) is 78.6 Å². The molecule has 2 heterocycles. The molecule has 2 aliphatic heterocycles. The van der Waals surface area contributed by atoms with E-state index in [2.05, 4.69) is 35.1 Å². The van der Waals surface area contributed by atoms with Gasteiger partial charge < -0.3 is 35.7 Å². The highest BCUT2D eigenvalue weighted by Gasteiger charge is 2.69. The van der Waals surface area contributed by atoms with Gasteiger partial charge in [0.25, 0.3) is 0 Å². The topological polar surface area (TPSA) is 146 Å². The van der Waals surface area contributed by atoms with Crippen molar-refractivity contribution in [2.45, 2.75) is 111 Å². The molecule has 0 aromatic heterocycles. The first kappa shape index (κ1) is 30.8. The van der Waals surface area contributed by atoms with Crippen LogP contribution in [0, 0.1) is 23.2 Å². The van der Waals surface area contributed by atoms with E-state index in [0.29, 0.717) is 25.8 Å². The summed E-state index contributed by atoms with van der Waals surface area (Å²) in [6.07, 6.45) is 0.800. The van der Waals surface area contributed by atoms with E-state index in [0.717, 1.165) is 0 Å². The van der Waals surface area contributed by atoms with Crippen LogP contribution in [0.4, 0.5) is 4.79 Å². The summed E-state index contributed by atoms with van der Waals surface area (Å²) in [4.78, 5) is 65.9. The zero-order valence-electron chi connectivity index (χ0n) is 24.8. The molecule has 0 radical (unpaired) electrons. The Morgan fingerprint density at radius 1 is 1.15 bits per heavy atom. The van der Waals surface area contributed by atoms with Crippen LogP contribution in [0.5, 0.6) is 0 Å². The lowest BCUT2D eigenvalue weighted by Gasteiger charge is -2.37. The maximum absolute atomic E-state index is 14.0. The van der Waals surface area contributed by atoms with Crippen LogP contribution in [0.3, 0.4) is 0 Å². The minimum absolute atomic E-state index is 0.0774. The molecule has 11 heteroatoms. The van der Waals surface area contributed by atoms with Gasteiger partial charge in [-0.2, -0.15) is 0 Å². The highest BCUT2D eigenvalue weighted by Crippen LogP contribution is 2.65. The molecular weight excluding hydrogens is 502 g/mol. The average Bonchev–Trinajstić information content (AvgIpc) is 3.14. The van der Waals surface area contributed by atoms with E-state index >= 15 is 0 Å². The quantitative estimate of drug-likeness (QED) is 0.320. The van der Waals surface area contributed by atoms with Gasteiger partial charge in [0.05, 0.1) is 17.7 Å². The number of likely N-dealkylation sites (tertiary alicyclic amines) is 1. The lowest BCUT2D eigenvalue weighted by molar-refractivity contribution is -0.147. The second-order valence-corrected chi connectivity index (χ2v) is 13.9. The van der Waals surface area contributed by atoms with Crippen LogP contribution in [0.2, 0.25) is 0 Å². The van der Waals surface area contributed by atoms with Gasteiger partial charge >= 0.3 is 6.03 Å². The maximum atomic E-state index is 14.0. The molecule has 0 unspecified atom stereocenters. The molecule has 11 nitrogen and oxygen atoms in total. The Morgan fingerprint density at radius 2 is 1.79 bits per heavy atom. The summed E-state index contributed by atoms with van der Waals surface area (Å²) in [6, 6.07) is -3.17. The first-order valence-corrected chi connectivity index (χ1v) is 14.0. The van der Waals surface area contributed by atoms with Crippen LogP contribution in [-0.2, 0) is 23.9 Å². The number of hydrogen-bond donors (Lipinski definition) is 4. The number of nitrogens with zero attached hydrogens (tertiary/aromatic N) is 1. The van der Waals surface area contributed by atoms with Crippen LogP contribution >= 0.6 is 0 Å². The van der Waals surface area contributed by atoms with E-state index in [4.69, 9.17) is 4.74 Å². The smallest absolute Gasteiger partial charge is 0.315 e. The second-order valence-electron chi connectivity index (χ2n) is 13.9. The highest BCUT2D eigenvalue weighted by atomic mass is 16.5. The number of piperidine rings is 1. The van der Waals surface area contributed by atoms with Crippen molar-refractivity contribution in [3.8, 4) is 0 Å². The molecule has 2 saturated heterocycles. The van der Waals surface area contributed by atoms with E-state index in [-0.39, 0.29) is 35.5 Å². The number of fused-ring (bicyclic) bond motifs is 1. The van der Waals surface area contributed by atoms with Crippen molar-refractivity contribution in [2.24, 2.45) is 23.2 Å². The predicted octanol–water partition coefficient (Wildman–Crippen LogP) is 1.35. The standard InChI is InChI=1S/C28H47N5O6/c1-15(39-27(5,6)7)20(31-25(38)32-26(2,3)4)24(37)33-13-18-19(28(18,8)9)21(33)23(36)30-17(14-34)12-16-10-11-29-22(16)35/h14-21H,10-13H2,1-9H3,(H,29,35)(H,30,36)(H2,31,32,38)/t15-,16+,17+,18+,19+,20+,21+/m1/s1. The van der Waals surface area contributed by atoms with Gasteiger partial charge in [0.15, 0.2) is 0 Å². The number of nitrogens with one attached hydrogen (secondary N) is 4. The number of rotatable bonds is 9. The summed E-state index contributed by atoms with van der Waals surface area (Å²) in [7, 11) is 0. The van der Waals surface area contributed by atoms with E-state index in [1.165, 1.54) is 4.90 Å². The molecule has 220 valence electrons.